The highest BCUT2D eigenvalue weighted by Crippen LogP contribution is 2.47. The second-order valence-corrected chi connectivity index (χ2v) is 17.6. The van der Waals surface area contributed by atoms with Gasteiger partial charge in [-0.25, -0.2) is 4.57 Å². The van der Waals surface area contributed by atoms with Gasteiger partial charge in [0.15, 0.2) is 6.10 Å². The fourth-order valence-corrected chi connectivity index (χ4v) is 7.92. The molecule has 0 radical (unpaired) electrons. The van der Waals surface area contributed by atoms with E-state index in [0.29, 0.717) is 19.3 Å². The van der Waals surface area contributed by atoms with E-state index in [9.17, 15) is 44.6 Å². The summed E-state index contributed by atoms with van der Waals surface area (Å²) in [6.45, 7) is 3.13. The van der Waals surface area contributed by atoms with Crippen LogP contribution < -0.4 is 0 Å². The number of rotatable bonds is 38. The number of phosphoric acid groups is 1. The molecule has 0 bridgehead atoms. The van der Waals surface area contributed by atoms with E-state index in [1.165, 1.54) is 96.3 Å². The highest BCUT2D eigenvalue weighted by Gasteiger charge is 2.51. The minimum absolute atomic E-state index is 0.0239. The van der Waals surface area contributed by atoms with Gasteiger partial charge in [0, 0.05) is 12.8 Å². The van der Waals surface area contributed by atoms with E-state index < -0.39 is 75.7 Å². The molecule has 354 valence electrons. The van der Waals surface area contributed by atoms with Crippen LogP contribution in [0.3, 0.4) is 0 Å². The van der Waals surface area contributed by atoms with Gasteiger partial charge in [-0.05, 0) is 38.5 Å². The van der Waals surface area contributed by atoms with Crippen molar-refractivity contribution in [2.45, 2.75) is 224 Å². The summed E-state index contributed by atoms with van der Waals surface area (Å²) in [5, 5.41) is 50.1. The zero-order chi connectivity index (χ0) is 45.0. The molecule has 13 nitrogen and oxygen atoms in total. The Morgan fingerprint density at radius 3 is 1.39 bits per heavy atom. The number of carbonyl (C=O) groups excluding carboxylic acids is 2. The molecule has 1 saturated carbocycles. The Balaban J connectivity index is 2.45. The average molecular weight is 887 g/mol. The largest absolute Gasteiger partial charge is 0.472 e. The van der Waals surface area contributed by atoms with Gasteiger partial charge in [0.25, 0.3) is 0 Å². The van der Waals surface area contributed by atoms with Crippen LogP contribution in [-0.4, -0.2) is 98.3 Å². The molecule has 0 amide bonds. The zero-order valence-corrected chi connectivity index (χ0v) is 38.3. The number of carbonyl (C=O) groups is 2. The van der Waals surface area contributed by atoms with Gasteiger partial charge in [0.1, 0.15) is 43.2 Å². The lowest BCUT2D eigenvalue weighted by atomic mass is 9.85. The van der Waals surface area contributed by atoms with Crippen molar-refractivity contribution in [1.82, 2.24) is 0 Å². The van der Waals surface area contributed by atoms with E-state index >= 15 is 0 Å². The van der Waals surface area contributed by atoms with Crippen LogP contribution in [0.4, 0.5) is 0 Å². The number of hydrogen-bond donors (Lipinski definition) is 6. The number of aliphatic hydroxyl groups excluding tert-OH is 5. The van der Waals surface area contributed by atoms with Gasteiger partial charge in [-0.2, -0.15) is 0 Å². The van der Waals surface area contributed by atoms with Gasteiger partial charge in [-0.3, -0.25) is 18.6 Å². The van der Waals surface area contributed by atoms with Crippen molar-refractivity contribution >= 4 is 19.8 Å². The molecular weight excluding hydrogens is 803 g/mol. The topological polar surface area (TPSA) is 210 Å². The molecule has 0 spiro atoms. The summed E-state index contributed by atoms with van der Waals surface area (Å²) >= 11 is 0. The highest BCUT2D eigenvalue weighted by atomic mass is 31.2. The fraction of sp³-hybridized carbons (Fsp3) is 0.787. The van der Waals surface area contributed by atoms with Crippen LogP contribution in [0, 0.1) is 0 Å². The number of allylic oxidation sites excluding steroid dienone is 8. The van der Waals surface area contributed by atoms with Gasteiger partial charge >= 0.3 is 19.8 Å². The van der Waals surface area contributed by atoms with Crippen molar-refractivity contribution in [3.63, 3.8) is 0 Å². The standard InChI is InChI=1S/C47H83O13P/c1-3-5-7-9-11-13-15-17-18-19-20-21-22-24-25-27-29-31-33-35-40(48)57-37-39(38-58-61(55,56)60-47-45(53)43(51)42(50)44(52)46(47)54)59-41(49)36-34-32-30-28-26-23-16-14-12-10-8-6-4-2/h6,8,12,14,23,26,30,32,39,42-47,50-54H,3-5,7,9-11,13,15-22,24-25,27-29,31,33-38H2,1-2H3,(H,55,56)/b8-6-,14-12-,26-23-,32-30-. The van der Waals surface area contributed by atoms with Gasteiger partial charge in [0.2, 0.25) is 0 Å². The monoisotopic (exact) mass is 887 g/mol. The minimum Gasteiger partial charge on any atom is -0.462 e. The zero-order valence-electron chi connectivity index (χ0n) is 37.4. The van der Waals surface area contributed by atoms with Gasteiger partial charge in [-0.15, -0.1) is 0 Å². The maximum Gasteiger partial charge on any atom is 0.472 e. The van der Waals surface area contributed by atoms with Gasteiger partial charge < -0.3 is 39.9 Å². The quantitative estimate of drug-likeness (QED) is 0.0148. The van der Waals surface area contributed by atoms with Crippen LogP contribution in [0.15, 0.2) is 48.6 Å². The third kappa shape index (κ3) is 29.7. The smallest absolute Gasteiger partial charge is 0.462 e. The molecule has 0 heterocycles. The maximum atomic E-state index is 12.8. The van der Waals surface area contributed by atoms with Gasteiger partial charge in [-0.1, -0.05) is 178 Å². The van der Waals surface area contributed by atoms with E-state index in [1.807, 2.05) is 18.2 Å². The summed E-state index contributed by atoms with van der Waals surface area (Å²) in [7, 11) is -5.13. The number of unbranched alkanes of at least 4 members (excludes halogenated alkanes) is 18. The van der Waals surface area contributed by atoms with Crippen molar-refractivity contribution < 1.29 is 63.1 Å². The molecular formula is C47H83O13P. The predicted molar refractivity (Wildman–Crippen MR) is 239 cm³/mol. The Hall–Kier alpha value is -2.19. The Morgan fingerprint density at radius 1 is 0.525 bits per heavy atom. The molecule has 1 rings (SSSR count). The summed E-state index contributed by atoms with van der Waals surface area (Å²) in [5.74, 6) is -1.19. The van der Waals surface area contributed by atoms with Crippen molar-refractivity contribution in [3.8, 4) is 0 Å². The molecule has 6 atom stereocenters. The molecule has 6 unspecified atom stereocenters. The van der Waals surface area contributed by atoms with E-state index in [2.05, 4.69) is 44.2 Å². The SMILES string of the molecule is CC/C=C\C/C=C\C/C=C\C/C=C\CCC(=O)OC(COC(=O)CCCCCCCCCCCCCCCCCCCCC)COP(=O)(O)OC1C(O)C(O)C(O)C(O)C1O. The molecule has 61 heavy (non-hydrogen) atoms. The number of esters is 2. The lowest BCUT2D eigenvalue weighted by molar-refractivity contribution is -0.220. The molecule has 0 saturated heterocycles. The number of hydrogen-bond acceptors (Lipinski definition) is 12. The van der Waals surface area contributed by atoms with Crippen LogP contribution in [-0.2, 0) is 32.7 Å². The molecule has 0 aromatic carbocycles. The first-order valence-electron chi connectivity index (χ1n) is 23.4. The van der Waals surface area contributed by atoms with E-state index in [1.54, 1.807) is 0 Å². The number of phosphoric ester groups is 1. The Bertz CT molecular complexity index is 1250. The average Bonchev–Trinajstić information content (AvgIpc) is 3.24. The summed E-state index contributed by atoms with van der Waals surface area (Å²) < 4.78 is 33.4. The second-order valence-electron chi connectivity index (χ2n) is 16.2. The van der Waals surface area contributed by atoms with Crippen LogP contribution in [0.5, 0.6) is 0 Å². The number of ether oxygens (including phenoxy) is 2. The lowest BCUT2D eigenvalue weighted by Gasteiger charge is -2.41. The summed E-state index contributed by atoms with van der Waals surface area (Å²) in [5.41, 5.74) is 0. The molecule has 0 aromatic heterocycles. The van der Waals surface area contributed by atoms with Crippen LogP contribution in [0.2, 0.25) is 0 Å². The third-order valence-electron chi connectivity index (χ3n) is 10.7. The molecule has 0 aromatic rings. The molecule has 6 N–H and O–H groups in total. The first-order chi connectivity index (χ1) is 29.4. The van der Waals surface area contributed by atoms with Gasteiger partial charge in [0.05, 0.1) is 6.61 Å². The first-order valence-corrected chi connectivity index (χ1v) is 24.9. The molecule has 1 aliphatic rings. The van der Waals surface area contributed by atoms with Crippen LogP contribution in [0.1, 0.15) is 181 Å². The maximum absolute atomic E-state index is 12.8. The van der Waals surface area contributed by atoms with E-state index in [0.717, 1.165) is 38.5 Å². The Labute approximate surface area is 367 Å². The summed E-state index contributed by atoms with van der Waals surface area (Å²) in [4.78, 5) is 35.6. The van der Waals surface area contributed by atoms with E-state index in [-0.39, 0.29) is 12.8 Å². The lowest BCUT2D eigenvalue weighted by Crippen LogP contribution is -2.64. The summed E-state index contributed by atoms with van der Waals surface area (Å²) in [6.07, 6.45) is 30.5. The third-order valence-corrected chi connectivity index (χ3v) is 11.7. The normalized spacial score (nSPS) is 22.4. The summed E-state index contributed by atoms with van der Waals surface area (Å²) in [6, 6.07) is 0. The van der Waals surface area contributed by atoms with E-state index in [4.69, 9.17) is 18.5 Å². The minimum atomic E-state index is -5.13. The van der Waals surface area contributed by atoms with Crippen molar-refractivity contribution in [2.75, 3.05) is 13.2 Å². The van der Waals surface area contributed by atoms with Crippen molar-refractivity contribution in [2.24, 2.45) is 0 Å². The molecule has 14 heteroatoms. The number of aliphatic hydroxyl groups is 5. The first kappa shape index (κ1) is 56.8. The van der Waals surface area contributed by atoms with Crippen LogP contribution >= 0.6 is 7.82 Å². The highest BCUT2D eigenvalue weighted by molar-refractivity contribution is 7.47. The molecule has 0 aliphatic heterocycles. The molecule has 1 aliphatic carbocycles. The van der Waals surface area contributed by atoms with Crippen LogP contribution in [0.25, 0.3) is 0 Å². The molecule has 1 fully saturated rings. The van der Waals surface area contributed by atoms with Crippen molar-refractivity contribution in [3.05, 3.63) is 48.6 Å². The predicted octanol–water partition coefficient (Wildman–Crippen LogP) is 9.17. The second kappa shape index (κ2) is 37.2. The van der Waals surface area contributed by atoms with Crippen molar-refractivity contribution in [1.29, 1.82) is 0 Å². The Morgan fingerprint density at radius 2 is 0.934 bits per heavy atom. The fourth-order valence-electron chi connectivity index (χ4n) is 6.95. The Kier molecular flexibility index (Phi) is 34.7.